The number of allylic oxidation sites excluding steroid dienone is 1. The molecular weight excluding hydrogens is 269 g/mol. The van der Waals surface area contributed by atoms with Gasteiger partial charge in [0.15, 0.2) is 0 Å². The van der Waals surface area contributed by atoms with Gasteiger partial charge in [-0.1, -0.05) is 34.9 Å². The van der Waals surface area contributed by atoms with Crippen LogP contribution in [0.5, 0.6) is 5.75 Å². The van der Waals surface area contributed by atoms with Crippen molar-refractivity contribution in [2.45, 2.75) is 32.2 Å². The van der Waals surface area contributed by atoms with Crippen molar-refractivity contribution in [3.05, 3.63) is 39.4 Å². The lowest BCUT2D eigenvalue weighted by Gasteiger charge is -2.09. The van der Waals surface area contributed by atoms with Crippen LogP contribution in [0.4, 0.5) is 0 Å². The summed E-state index contributed by atoms with van der Waals surface area (Å²) >= 11 is 11.8. The zero-order valence-corrected chi connectivity index (χ0v) is 11.7. The van der Waals surface area contributed by atoms with Crippen molar-refractivity contribution < 1.29 is 5.11 Å². The molecule has 0 saturated heterocycles. The third kappa shape index (κ3) is 3.64. The standard InChI is InChI=1S/C14H17Cl2NO/c15-12-7-11(14(18)13(16)8-12)9-17-6-5-10-3-1-2-4-10/h3,7-8,17-18H,1-2,4-6,9H2. The van der Waals surface area contributed by atoms with Crippen molar-refractivity contribution in [2.75, 3.05) is 6.54 Å². The smallest absolute Gasteiger partial charge is 0.138 e. The first-order valence-electron chi connectivity index (χ1n) is 6.22. The van der Waals surface area contributed by atoms with Gasteiger partial charge in [-0.15, -0.1) is 0 Å². The quantitative estimate of drug-likeness (QED) is 0.625. The number of phenolic OH excluding ortho intramolecular Hbond substituents is 1. The van der Waals surface area contributed by atoms with Crippen molar-refractivity contribution >= 4 is 23.2 Å². The number of nitrogens with one attached hydrogen (secondary N) is 1. The zero-order chi connectivity index (χ0) is 13.0. The summed E-state index contributed by atoms with van der Waals surface area (Å²) in [6.07, 6.45) is 7.15. The van der Waals surface area contributed by atoms with Gasteiger partial charge >= 0.3 is 0 Å². The van der Waals surface area contributed by atoms with E-state index in [9.17, 15) is 5.11 Å². The van der Waals surface area contributed by atoms with E-state index in [0.717, 1.165) is 18.5 Å². The molecule has 18 heavy (non-hydrogen) atoms. The van der Waals surface area contributed by atoms with Gasteiger partial charge < -0.3 is 10.4 Å². The van der Waals surface area contributed by atoms with Gasteiger partial charge in [-0.25, -0.2) is 0 Å². The first-order valence-corrected chi connectivity index (χ1v) is 6.98. The van der Waals surface area contributed by atoms with Gasteiger partial charge in [-0.3, -0.25) is 0 Å². The van der Waals surface area contributed by atoms with Crippen LogP contribution in [0.3, 0.4) is 0 Å². The minimum absolute atomic E-state index is 0.119. The number of hydrogen-bond donors (Lipinski definition) is 2. The highest BCUT2D eigenvalue weighted by Crippen LogP contribution is 2.31. The van der Waals surface area contributed by atoms with Crippen LogP contribution in [0.2, 0.25) is 10.0 Å². The molecule has 2 nitrogen and oxygen atoms in total. The van der Waals surface area contributed by atoms with E-state index < -0.39 is 0 Å². The second kappa shape index (κ2) is 6.46. The molecule has 4 heteroatoms. The maximum Gasteiger partial charge on any atom is 0.138 e. The lowest BCUT2D eigenvalue weighted by atomic mass is 10.1. The topological polar surface area (TPSA) is 32.3 Å². The van der Waals surface area contributed by atoms with Crippen LogP contribution in [0.1, 0.15) is 31.2 Å². The molecule has 0 unspecified atom stereocenters. The summed E-state index contributed by atoms with van der Waals surface area (Å²) in [6, 6.07) is 3.29. The SMILES string of the molecule is Oc1c(Cl)cc(Cl)cc1CNCCC1=CCCC1. The summed E-state index contributed by atoms with van der Waals surface area (Å²) in [5.41, 5.74) is 2.28. The Morgan fingerprint density at radius 2 is 2.11 bits per heavy atom. The molecule has 0 aromatic heterocycles. The molecule has 0 atom stereocenters. The Labute approximate surface area is 118 Å². The molecule has 1 aromatic rings. The van der Waals surface area contributed by atoms with Gasteiger partial charge in [0.25, 0.3) is 0 Å². The van der Waals surface area contributed by atoms with E-state index in [0.29, 0.717) is 16.6 Å². The number of hydrogen-bond acceptors (Lipinski definition) is 2. The van der Waals surface area contributed by atoms with Crippen LogP contribution < -0.4 is 5.32 Å². The van der Waals surface area contributed by atoms with Crippen molar-refractivity contribution in [1.29, 1.82) is 0 Å². The molecule has 0 radical (unpaired) electrons. The fraction of sp³-hybridized carbons (Fsp3) is 0.429. The maximum atomic E-state index is 9.79. The van der Waals surface area contributed by atoms with E-state index in [1.807, 2.05) is 0 Å². The van der Waals surface area contributed by atoms with E-state index in [-0.39, 0.29) is 5.75 Å². The average molecular weight is 286 g/mol. The molecule has 0 saturated carbocycles. The van der Waals surface area contributed by atoms with E-state index in [2.05, 4.69) is 11.4 Å². The van der Waals surface area contributed by atoms with Gasteiger partial charge in [0, 0.05) is 17.1 Å². The molecular formula is C14H17Cl2NO. The van der Waals surface area contributed by atoms with E-state index in [1.54, 1.807) is 12.1 Å². The minimum atomic E-state index is 0.119. The van der Waals surface area contributed by atoms with E-state index in [4.69, 9.17) is 23.2 Å². The van der Waals surface area contributed by atoms with Crippen LogP contribution in [0, 0.1) is 0 Å². The van der Waals surface area contributed by atoms with E-state index >= 15 is 0 Å². The first kappa shape index (κ1) is 13.7. The maximum absolute atomic E-state index is 9.79. The van der Waals surface area contributed by atoms with Crippen LogP contribution in [-0.4, -0.2) is 11.7 Å². The minimum Gasteiger partial charge on any atom is -0.506 e. The van der Waals surface area contributed by atoms with Crippen molar-refractivity contribution in [1.82, 2.24) is 5.32 Å². The van der Waals surface area contributed by atoms with Gasteiger partial charge in [-0.05, 0) is 44.4 Å². The van der Waals surface area contributed by atoms with Crippen LogP contribution in [-0.2, 0) is 6.54 Å². The fourth-order valence-electron chi connectivity index (χ4n) is 2.19. The highest BCUT2D eigenvalue weighted by Gasteiger charge is 2.08. The van der Waals surface area contributed by atoms with E-state index in [1.165, 1.54) is 24.8 Å². The Bertz CT molecular complexity index is 457. The Balaban J connectivity index is 1.82. The molecule has 1 aromatic carbocycles. The molecule has 0 heterocycles. The largest absolute Gasteiger partial charge is 0.506 e. The van der Waals surface area contributed by atoms with Crippen molar-refractivity contribution in [3.8, 4) is 5.75 Å². The highest BCUT2D eigenvalue weighted by atomic mass is 35.5. The molecule has 0 spiro atoms. The predicted molar refractivity (Wildman–Crippen MR) is 76.4 cm³/mol. The second-order valence-corrected chi connectivity index (χ2v) is 5.42. The summed E-state index contributed by atoms with van der Waals surface area (Å²) in [6.45, 7) is 1.49. The molecule has 1 aliphatic rings. The van der Waals surface area contributed by atoms with Gasteiger partial charge in [-0.2, -0.15) is 0 Å². The molecule has 0 aliphatic heterocycles. The normalized spacial score (nSPS) is 14.9. The third-order valence-corrected chi connectivity index (χ3v) is 3.69. The average Bonchev–Trinajstić information content (AvgIpc) is 2.83. The summed E-state index contributed by atoms with van der Waals surface area (Å²) in [4.78, 5) is 0. The Morgan fingerprint density at radius 3 is 2.83 bits per heavy atom. The van der Waals surface area contributed by atoms with Crippen LogP contribution in [0.15, 0.2) is 23.8 Å². The number of halogens is 2. The Hall–Kier alpha value is -0.700. The summed E-state index contributed by atoms with van der Waals surface area (Å²) in [5, 5.41) is 13.9. The third-order valence-electron chi connectivity index (χ3n) is 3.18. The lowest BCUT2D eigenvalue weighted by molar-refractivity contribution is 0.465. The summed E-state index contributed by atoms with van der Waals surface area (Å²) in [7, 11) is 0. The first-order chi connectivity index (χ1) is 8.66. The molecule has 2 rings (SSSR count). The number of phenols is 1. The zero-order valence-electron chi connectivity index (χ0n) is 10.2. The summed E-state index contributed by atoms with van der Waals surface area (Å²) < 4.78 is 0. The summed E-state index contributed by atoms with van der Waals surface area (Å²) in [5.74, 6) is 0.119. The molecule has 0 fully saturated rings. The fourth-order valence-corrected chi connectivity index (χ4v) is 2.73. The number of aromatic hydroxyl groups is 1. The van der Waals surface area contributed by atoms with Crippen molar-refractivity contribution in [2.24, 2.45) is 0 Å². The number of rotatable bonds is 5. The molecule has 0 bridgehead atoms. The molecule has 2 N–H and O–H groups in total. The Kier molecular flexibility index (Phi) is 4.93. The van der Waals surface area contributed by atoms with Crippen LogP contribution in [0.25, 0.3) is 0 Å². The molecule has 98 valence electrons. The predicted octanol–water partition coefficient (Wildman–Crippen LogP) is 4.29. The van der Waals surface area contributed by atoms with Crippen LogP contribution >= 0.6 is 23.2 Å². The number of benzene rings is 1. The Morgan fingerprint density at radius 1 is 1.28 bits per heavy atom. The van der Waals surface area contributed by atoms with Gasteiger partial charge in [0.2, 0.25) is 0 Å². The second-order valence-electron chi connectivity index (χ2n) is 4.58. The molecule has 1 aliphatic carbocycles. The lowest BCUT2D eigenvalue weighted by Crippen LogP contribution is -2.15. The monoisotopic (exact) mass is 285 g/mol. The molecule has 0 amide bonds. The van der Waals surface area contributed by atoms with Gasteiger partial charge in [0.05, 0.1) is 5.02 Å². The highest BCUT2D eigenvalue weighted by molar-refractivity contribution is 6.35. The van der Waals surface area contributed by atoms with Gasteiger partial charge in [0.1, 0.15) is 5.75 Å². The van der Waals surface area contributed by atoms with Crippen molar-refractivity contribution in [3.63, 3.8) is 0 Å².